The number of thiazole rings is 1. The van der Waals surface area contributed by atoms with Crippen molar-refractivity contribution in [2.24, 2.45) is 0 Å². The second-order valence-corrected chi connectivity index (χ2v) is 7.25. The molecule has 0 saturated carbocycles. The van der Waals surface area contributed by atoms with Crippen LogP contribution in [-0.2, 0) is 16.6 Å². The maximum absolute atomic E-state index is 5.70. The van der Waals surface area contributed by atoms with Gasteiger partial charge in [0.1, 0.15) is 0 Å². The van der Waals surface area contributed by atoms with Crippen LogP contribution in [0.15, 0.2) is 5.38 Å². The first-order chi connectivity index (χ1) is 9.47. The van der Waals surface area contributed by atoms with Crippen LogP contribution in [0.2, 0.25) is 0 Å². The fourth-order valence-corrected chi connectivity index (χ4v) is 2.97. The Kier molecular flexibility index (Phi) is 7.70. The zero-order valence-electron chi connectivity index (χ0n) is 13.7. The maximum Gasteiger partial charge on any atom is 0.0944 e. The van der Waals surface area contributed by atoms with Crippen molar-refractivity contribution in [3.63, 3.8) is 0 Å². The maximum atomic E-state index is 5.70. The lowest BCUT2D eigenvalue weighted by molar-refractivity contribution is 0.111. The van der Waals surface area contributed by atoms with Gasteiger partial charge in [0.2, 0.25) is 0 Å². The Morgan fingerprint density at radius 2 is 2.05 bits per heavy atom. The van der Waals surface area contributed by atoms with Gasteiger partial charge in [0.05, 0.1) is 17.3 Å². The molecule has 1 heterocycles. The number of hydrogen-bond donors (Lipinski definition) is 1. The van der Waals surface area contributed by atoms with E-state index >= 15 is 0 Å². The van der Waals surface area contributed by atoms with Crippen LogP contribution in [0.25, 0.3) is 0 Å². The minimum absolute atomic E-state index is 0.139. The Labute approximate surface area is 128 Å². The van der Waals surface area contributed by atoms with Crippen LogP contribution in [-0.4, -0.2) is 30.8 Å². The molecule has 0 radical (unpaired) electrons. The molecular weight excluding hydrogens is 268 g/mol. The second kappa shape index (κ2) is 8.75. The highest BCUT2D eigenvalue weighted by Crippen LogP contribution is 2.24. The smallest absolute Gasteiger partial charge is 0.0944 e. The zero-order chi connectivity index (χ0) is 15.0. The molecule has 3 nitrogen and oxygen atoms in total. The van der Waals surface area contributed by atoms with Gasteiger partial charge in [-0.15, -0.1) is 11.3 Å². The molecule has 0 spiro atoms. The van der Waals surface area contributed by atoms with Crippen LogP contribution in [0.4, 0.5) is 0 Å². The van der Waals surface area contributed by atoms with E-state index < -0.39 is 0 Å². The van der Waals surface area contributed by atoms with Crippen molar-refractivity contribution >= 4 is 11.3 Å². The van der Waals surface area contributed by atoms with Crippen molar-refractivity contribution in [3.05, 3.63) is 16.1 Å². The summed E-state index contributed by atoms with van der Waals surface area (Å²) < 4.78 is 5.70. The average molecular weight is 298 g/mol. The molecule has 1 N–H and O–H groups in total. The molecule has 1 aromatic heterocycles. The Hall–Kier alpha value is -0.450. The Bertz CT molecular complexity index is 371. The molecule has 4 heteroatoms. The predicted molar refractivity (Wildman–Crippen MR) is 87.7 cm³/mol. The van der Waals surface area contributed by atoms with E-state index in [0.717, 1.165) is 39.0 Å². The van der Waals surface area contributed by atoms with Crippen molar-refractivity contribution < 1.29 is 4.74 Å². The molecule has 1 rings (SSSR count). The van der Waals surface area contributed by atoms with Gasteiger partial charge in [-0.3, -0.25) is 0 Å². The summed E-state index contributed by atoms with van der Waals surface area (Å²) in [6, 6.07) is 0.375. The number of nitrogens with one attached hydrogen (secondary N) is 1. The highest BCUT2D eigenvalue weighted by Gasteiger charge is 2.19. The summed E-state index contributed by atoms with van der Waals surface area (Å²) in [5.74, 6) is 0. The van der Waals surface area contributed by atoms with Crippen LogP contribution in [0, 0.1) is 0 Å². The first kappa shape index (κ1) is 17.6. The summed E-state index contributed by atoms with van der Waals surface area (Å²) in [6.07, 6.45) is 3.19. The third-order valence-electron chi connectivity index (χ3n) is 3.09. The van der Waals surface area contributed by atoms with E-state index in [2.05, 4.69) is 45.3 Å². The fourth-order valence-electron chi connectivity index (χ4n) is 1.87. The molecule has 20 heavy (non-hydrogen) atoms. The van der Waals surface area contributed by atoms with Crippen LogP contribution in [0.1, 0.15) is 58.2 Å². The molecule has 0 amide bonds. The predicted octanol–water partition coefficient (Wildman–Crippen LogP) is 3.78. The first-order valence-corrected chi connectivity index (χ1v) is 8.61. The van der Waals surface area contributed by atoms with Crippen molar-refractivity contribution in [2.75, 3.05) is 19.8 Å². The minimum Gasteiger partial charge on any atom is -0.380 e. The molecular formula is C16H30N2OS. The summed E-state index contributed by atoms with van der Waals surface area (Å²) in [7, 11) is 0. The molecule has 1 aromatic rings. The molecule has 0 aliphatic carbocycles. The van der Waals surface area contributed by atoms with Crippen LogP contribution < -0.4 is 5.32 Å². The summed E-state index contributed by atoms with van der Waals surface area (Å²) in [5.41, 5.74) is 1.33. The number of nitrogens with zero attached hydrogens (tertiary/aromatic N) is 1. The molecule has 116 valence electrons. The van der Waals surface area contributed by atoms with E-state index in [1.54, 1.807) is 11.3 Å². The van der Waals surface area contributed by atoms with E-state index in [-0.39, 0.29) is 5.41 Å². The second-order valence-electron chi connectivity index (χ2n) is 6.31. The molecule has 0 bridgehead atoms. The van der Waals surface area contributed by atoms with Gasteiger partial charge in [0, 0.05) is 29.9 Å². The van der Waals surface area contributed by atoms with Crippen LogP contribution >= 0.6 is 11.3 Å². The Morgan fingerprint density at radius 3 is 2.60 bits per heavy atom. The van der Waals surface area contributed by atoms with Crippen molar-refractivity contribution in [1.82, 2.24) is 10.3 Å². The van der Waals surface area contributed by atoms with Crippen LogP contribution in [0.3, 0.4) is 0 Å². The topological polar surface area (TPSA) is 34.1 Å². The lowest BCUT2D eigenvalue weighted by Crippen LogP contribution is -2.36. The van der Waals surface area contributed by atoms with Crippen molar-refractivity contribution in [1.29, 1.82) is 0 Å². The summed E-state index contributed by atoms with van der Waals surface area (Å²) in [5, 5.41) is 6.97. The van der Waals surface area contributed by atoms with Gasteiger partial charge in [-0.05, 0) is 19.4 Å². The molecule has 0 saturated heterocycles. The highest BCUT2D eigenvalue weighted by molar-refractivity contribution is 7.09. The Balaban J connectivity index is 2.56. The first-order valence-electron chi connectivity index (χ1n) is 7.73. The van der Waals surface area contributed by atoms with Gasteiger partial charge in [-0.2, -0.15) is 0 Å². The lowest BCUT2D eigenvalue weighted by atomic mass is 9.93. The van der Waals surface area contributed by atoms with E-state index in [9.17, 15) is 0 Å². The summed E-state index contributed by atoms with van der Waals surface area (Å²) in [6.45, 7) is 13.6. The quantitative estimate of drug-likeness (QED) is 0.705. The van der Waals surface area contributed by atoms with Gasteiger partial charge < -0.3 is 10.1 Å². The minimum atomic E-state index is 0.139. The summed E-state index contributed by atoms with van der Waals surface area (Å²) >= 11 is 1.77. The summed E-state index contributed by atoms with van der Waals surface area (Å²) in [4.78, 5) is 4.78. The molecule has 0 aliphatic rings. The zero-order valence-corrected chi connectivity index (χ0v) is 14.5. The van der Waals surface area contributed by atoms with Gasteiger partial charge in [0.25, 0.3) is 0 Å². The number of rotatable bonds is 9. The van der Waals surface area contributed by atoms with E-state index in [1.165, 1.54) is 10.7 Å². The monoisotopic (exact) mass is 298 g/mol. The SMILES string of the molecule is CCCNC(COCCC)Cc1nc(C(C)(C)C)cs1. The largest absolute Gasteiger partial charge is 0.380 e. The normalized spacial score (nSPS) is 13.7. The van der Waals surface area contributed by atoms with E-state index in [4.69, 9.17) is 9.72 Å². The molecule has 0 aliphatic heterocycles. The number of hydrogen-bond acceptors (Lipinski definition) is 4. The molecule has 1 unspecified atom stereocenters. The molecule has 0 aromatic carbocycles. The lowest BCUT2D eigenvalue weighted by Gasteiger charge is -2.18. The van der Waals surface area contributed by atoms with E-state index in [0.29, 0.717) is 6.04 Å². The standard InChI is InChI=1S/C16H30N2OS/c1-6-8-17-13(11-19-9-7-2)10-15-18-14(12-20-15)16(3,4)5/h12-13,17H,6-11H2,1-5H3. The average Bonchev–Trinajstić information content (AvgIpc) is 2.84. The van der Waals surface area contributed by atoms with Crippen molar-refractivity contribution in [3.8, 4) is 0 Å². The van der Waals surface area contributed by atoms with Gasteiger partial charge in [-0.1, -0.05) is 34.6 Å². The van der Waals surface area contributed by atoms with Crippen LogP contribution in [0.5, 0.6) is 0 Å². The van der Waals surface area contributed by atoms with Crippen molar-refractivity contribution in [2.45, 2.75) is 65.3 Å². The third-order valence-corrected chi connectivity index (χ3v) is 3.96. The molecule has 1 atom stereocenters. The third kappa shape index (κ3) is 6.33. The Morgan fingerprint density at radius 1 is 1.30 bits per heavy atom. The van der Waals surface area contributed by atoms with Gasteiger partial charge in [-0.25, -0.2) is 4.98 Å². The van der Waals surface area contributed by atoms with Gasteiger partial charge >= 0.3 is 0 Å². The van der Waals surface area contributed by atoms with Gasteiger partial charge in [0.15, 0.2) is 0 Å². The number of ether oxygens (including phenoxy) is 1. The fraction of sp³-hybridized carbons (Fsp3) is 0.812. The highest BCUT2D eigenvalue weighted by atomic mass is 32.1. The van der Waals surface area contributed by atoms with E-state index in [1.807, 2.05) is 0 Å². The molecule has 0 fully saturated rings. The number of aromatic nitrogens is 1.